The molecular formula is C18H18N2O4S. The Bertz CT molecular complexity index is 798. The molecule has 2 aromatic rings. The number of amides is 2. The summed E-state index contributed by atoms with van der Waals surface area (Å²) < 4.78 is 4.65. The van der Waals surface area contributed by atoms with Crippen molar-refractivity contribution < 1.29 is 19.1 Å². The number of hydrogen-bond donors (Lipinski definition) is 1. The largest absolute Gasteiger partial charge is 0.465 e. The number of ether oxygens (including phenoxy) is 1. The van der Waals surface area contributed by atoms with Gasteiger partial charge in [0.15, 0.2) is 0 Å². The molecule has 0 unspecified atom stereocenters. The number of thiophene rings is 1. The Hall–Kier alpha value is -2.67. The molecule has 0 radical (unpaired) electrons. The minimum Gasteiger partial charge on any atom is -0.465 e. The van der Waals surface area contributed by atoms with Crippen LogP contribution in [-0.4, -0.2) is 31.4 Å². The van der Waals surface area contributed by atoms with E-state index in [1.165, 1.54) is 7.11 Å². The Morgan fingerprint density at radius 3 is 2.56 bits per heavy atom. The lowest BCUT2D eigenvalue weighted by Crippen LogP contribution is -2.35. The molecule has 1 N–H and O–H groups in total. The van der Waals surface area contributed by atoms with Crippen molar-refractivity contribution in [2.45, 2.75) is 19.3 Å². The molecule has 25 heavy (non-hydrogen) atoms. The van der Waals surface area contributed by atoms with Gasteiger partial charge in [-0.1, -0.05) is 0 Å². The molecule has 7 heteroatoms. The Morgan fingerprint density at radius 2 is 1.88 bits per heavy atom. The summed E-state index contributed by atoms with van der Waals surface area (Å²) in [5, 5.41) is 3.33. The quantitative estimate of drug-likeness (QED) is 0.851. The summed E-state index contributed by atoms with van der Waals surface area (Å²) in [7, 11) is 1.31. The van der Waals surface area contributed by atoms with E-state index in [0.717, 1.165) is 36.4 Å². The van der Waals surface area contributed by atoms with Crippen LogP contribution in [0.15, 0.2) is 36.4 Å². The standard InChI is InChI=1S/C18H18N2O4S/c1-24-18(23)14-9-10-15(25-14)19-17(22)12-5-7-13(8-6-12)20-11-3-2-4-16(20)21/h5-10H,2-4,11H2,1H3,(H,19,22). The van der Waals surface area contributed by atoms with E-state index in [4.69, 9.17) is 0 Å². The van der Waals surface area contributed by atoms with Gasteiger partial charge in [0, 0.05) is 24.2 Å². The highest BCUT2D eigenvalue weighted by atomic mass is 32.1. The van der Waals surface area contributed by atoms with E-state index in [0.29, 0.717) is 21.9 Å². The first-order valence-electron chi connectivity index (χ1n) is 7.98. The van der Waals surface area contributed by atoms with Crippen molar-refractivity contribution in [3.8, 4) is 0 Å². The molecule has 0 spiro atoms. The third-order valence-electron chi connectivity index (χ3n) is 3.99. The fourth-order valence-electron chi connectivity index (χ4n) is 2.67. The lowest BCUT2D eigenvalue weighted by molar-refractivity contribution is -0.119. The van der Waals surface area contributed by atoms with E-state index in [9.17, 15) is 14.4 Å². The highest BCUT2D eigenvalue weighted by molar-refractivity contribution is 7.18. The van der Waals surface area contributed by atoms with Crippen LogP contribution >= 0.6 is 11.3 Å². The lowest BCUT2D eigenvalue weighted by atomic mass is 10.1. The number of carbonyl (C=O) groups is 3. The molecule has 1 fully saturated rings. The number of piperidine rings is 1. The van der Waals surface area contributed by atoms with Gasteiger partial charge in [0.2, 0.25) is 5.91 Å². The maximum Gasteiger partial charge on any atom is 0.348 e. The molecule has 0 bridgehead atoms. The molecule has 1 aromatic carbocycles. The van der Waals surface area contributed by atoms with Crippen LogP contribution in [-0.2, 0) is 9.53 Å². The zero-order chi connectivity index (χ0) is 17.8. The van der Waals surface area contributed by atoms with Crippen LogP contribution in [0.2, 0.25) is 0 Å². The third-order valence-corrected chi connectivity index (χ3v) is 4.97. The Balaban J connectivity index is 1.67. The number of rotatable bonds is 4. The van der Waals surface area contributed by atoms with E-state index in [-0.39, 0.29) is 11.8 Å². The molecule has 0 aliphatic carbocycles. The monoisotopic (exact) mass is 358 g/mol. The smallest absolute Gasteiger partial charge is 0.348 e. The lowest BCUT2D eigenvalue weighted by Gasteiger charge is -2.26. The van der Waals surface area contributed by atoms with E-state index >= 15 is 0 Å². The summed E-state index contributed by atoms with van der Waals surface area (Å²) in [6, 6.07) is 10.2. The minimum atomic E-state index is -0.430. The molecule has 1 aromatic heterocycles. The van der Waals surface area contributed by atoms with E-state index < -0.39 is 5.97 Å². The molecule has 6 nitrogen and oxygen atoms in total. The second kappa shape index (κ2) is 7.48. The average molecular weight is 358 g/mol. The maximum atomic E-state index is 12.3. The van der Waals surface area contributed by atoms with Gasteiger partial charge in [-0.3, -0.25) is 9.59 Å². The van der Waals surface area contributed by atoms with Gasteiger partial charge >= 0.3 is 5.97 Å². The van der Waals surface area contributed by atoms with Crippen LogP contribution in [0.3, 0.4) is 0 Å². The molecule has 2 amide bonds. The maximum absolute atomic E-state index is 12.3. The van der Waals surface area contributed by atoms with Gasteiger partial charge in [0.05, 0.1) is 12.1 Å². The highest BCUT2D eigenvalue weighted by Gasteiger charge is 2.20. The van der Waals surface area contributed by atoms with E-state index in [1.54, 1.807) is 41.3 Å². The fraction of sp³-hybridized carbons (Fsp3) is 0.278. The molecule has 130 valence electrons. The summed E-state index contributed by atoms with van der Waals surface area (Å²) in [5.74, 6) is -0.576. The summed E-state index contributed by atoms with van der Waals surface area (Å²) in [6.07, 6.45) is 2.50. The van der Waals surface area contributed by atoms with Crippen LogP contribution in [0.25, 0.3) is 0 Å². The fourth-order valence-corrected chi connectivity index (χ4v) is 3.49. The van der Waals surface area contributed by atoms with Gasteiger partial charge in [-0.2, -0.15) is 0 Å². The molecule has 3 rings (SSSR count). The predicted molar refractivity (Wildman–Crippen MR) is 96.3 cm³/mol. The van der Waals surface area contributed by atoms with Crippen molar-refractivity contribution in [1.29, 1.82) is 0 Å². The third kappa shape index (κ3) is 3.88. The van der Waals surface area contributed by atoms with E-state index in [1.807, 2.05) is 0 Å². The topological polar surface area (TPSA) is 75.7 Å². The molecule has 1 aliphatic rings. The predicted octanol–water partition coefficient (Wildman–Crippen LogP) is 3.30. The van der Waals surface area contributed by atoms with Crippen LogP contribution in [0.4, 0.5) is 10.7 Å². The van der Waals surface area contributed by atoms with Gasteiger partial charge in [-0.05, 0) is 49.2 Å². The van der Waals surface area contributed by atoms with Crippen molar-refractivity contribution in [2.24, 2.45) is 0 Å². The van der Waals surface area contributed by atoms with Gasteiger partial charge in [-0.15, -0.1) is 11.3 Å². The number of nitrogens with zero attached hydrogens (tertiary/aromatic N) is 1. The van der Waals surface area contributed by atoms with Gasteiger partial charge in [0.1, 0.15) is 4.88 Å². The highest BCUT2D eigenvalue weighted by Crippen LogP contribution is 2.24. The first kappa shape index (κ1) is 17.2. The number of hydrogen-bond acceptors (Lipinski definition) is 5. The van der Waals surface area contributed by atoms with Crippen molar-refractivity contribution in [3.05, 3.63) is 46.8 Å². The van der Waals surface area contributed by atoms with Crippen molar-refractivity contribution >= 4 is 39.8 Å². The number of carbonyl (C=O) groups excluding carboxylic acids is 3. The number of benzene rings is 1. The van der Waals surface area contributed by atoms with Crippen LogP contribution in [0.1, 0.15) is 39.3 Å². The van der Waals surface area contributed by atoms with Crippen LogP contribution in [0, 0.1) is 0 Å². The zero-order valence-electron chi connectivity index (χ0n) is 13.8. The first-order chi connectivity index (χ1) is 12.1. The van der Waals surface area contributed by atoms with Crippen molar-refractivity contribution in [2.75, 3.05) is 23.9 Å². The SMILES string of the molecule is COC(=O)c1ccc(NC(=O)c2ccc(N3CCCCC3=O)cc2)s1. The van der Waals surface area contributed by atoms with Crippen LogP contribution in [0.5, 0.6) is 0 Å². The van der Waals surface area contributed by atoms with Gasteiger partial charge < -0.3 is 15.0 Å². The number of nitrogens with one attached hydrogen (secondary N) is 1. The molecule has 1 aliphatic heterocycles. The minimum absolute atomic E-state index is 0.123. The molecule has 2 heterocycles. The Labute approximate surface area is 149 Å². The number of anilines is 2. The molecule has 0 atom stereocenters. The zero-order valence-corrected chi connectivity index (χ0v) is 14.6. The van der Waals surface area contributed by atoms with Crippen LogP contribution < -0.4 is 10.2 Å². The van der Waals surface area contributed by atoms with Gasteiger partial charge in [0.25, 0.3) is 5.91 Å². The normalized spacial score (nSPS) is 14.3. The number of methoxy groups -OCH3 is 1. The summed E-state index contributed by atoms with van der Waals surface area (Å²) in [5.41, 5.74) is 1.30. The molecule has 0 saturated carbocycles. The number of esters is 1. The average Bonchev–Trinajstić information content (AvgIpc) is 3.10. The molecular weight excluding hydrogens is 340 g/mol. The second-order valence-corrected chi connectivity index (χ2v) is 6.74. The molecule has 1 saturated heterocycles. The Kier molecular flexibility index (Phi) is 5.14. The second-order valence-electron chi connectivity index (χ2n) is 5.66. The Morgan fingerprint density at radius 1 is 1.12 bits per heavy atom. The summed E-state index contributed by atoms with van der Waals surface area (Å²) >= 11 is 1.16. The van der Waals surface area contributed by atoms with Crippen molar-refractivity contribution in [3.63, 3.8) is 0 Å². The summed E-state index contributed by atoms with van der Waals surface area (Å²) in [6.45, 7) is 0.718. The first-order valence-corrected chi connectivity index (χ1v) is 8.80. The van der Waals surface area contributed by atoms with E-state index in [2.05, 4.69) is 10.1 Å². The summed E-state index contributed by atoms with van der Waals surface area (Å²) in [4.78, 5) is 37.9. The van der Waals surface area contributed by atoms with Crippen molar-refractivity contribution in [1.82, 2.24) is 0 Å². The van der Waals surface area contributed by atoms with Gasteiger partial charge in [-0.25, -0.2) is 4.79 Å².